The van der Waals surface area contributed by atoms with E-state index in [-0.39, 0.29) is 18.8 Å². The van der Waals surface area contributed by atoms with Crippen molar-refractivity contribution < 1.29 is 39.2 Å². The SMILES string of the molecule is NC(N)=NCCC[C@H](N)C(=O)CCN1C(=O)C(=O)CN([C@H]2O[C@@H](CO)C(O)C2O)C1=O. The summed E-state index contributed by atoms with van der Waals surface area (Å²) in [7, 11) is 0. The number of aliphatic imine (C=N–C) groups is 1. The fourth-order valence-electron chi connectivity index (χ4n) is 3.30. The van der Waals surface area contributed by atoms with Crippen molar-refractivity contribution in [3.63, 3.8) is 0 Å². The van der Waals surface area contributed by atoms with Crippen LogP contribution in [0.3, 0.4) is 0 Å². The molecule has 0 saturated carbocycles. The number of guanidine groups is 1. The van der Waals surface area contributed by atoms with Gasteiger partial charge in [0, 0.05) is 19.5 Å². The van der Waals surface area contributed by atoms with Gasteiger partial charge in [-0.25, -0.2) is 4.79 Å². The van der Waals surface area contributed by atoms with Gasteiger partial charge in [-0.1, -0.05) is 0 Å². The molecule has 174 valence electrons. The van der Waals surface area contributed by atoms with Crippen molar-refractivity contribution in [2.75, 3.05) is 26.2 Å². The highest BCUT2D eigenvalue weighted by Crippen LogP contribution is 2.26. The molecule has 0 spiro atoms. The number of nitrogens with two attached hydrogens (primary N) is 3. The normalized spacial score (nSPS) is 27.5. The number of rotatable bonds is 10. The average Bonchev–Trinajstić information content (AvgIpc) is 3.01. The number of amides is 3. The third-order valence-electron chi connectivity index (χ3n) is 5.06. The van der Waals surface area contributed by atoms with Crippen molar-refractivity contribution in [1.29, 1.82) is 0 Å². The summed E-state index contributed by atoms with van der Waals surface area (Å²) in [5.41, 5.74) is 16.2. The van der Waals surface area contributed by atoms with E-state index in [1.807, 2.05) is 0 Å². The van der Waals surface area contributed by atoms with E-state index in [0.29, 0.717) is 17.9 Å². The van der Waals surface area contributed by atoms with Gasteiger partial charge in [0.2, 0.25) is 5.78 Å². The van der Waals surface area contributed by atoms with Crippen molar-refractivity contribution in [3.8, 4) is 0 Å². The second kappa shape index (κ2) is 10.6. The van der Waals surface area contributed by atoms with Crippen LogP contribution in [0.25, 0.3) is 0 Å². The molecule has 0 bridgehead atoms. The number of hydrogen-bond donors (Lipinski definition) is 6. The second-order valence-corrected chi connectivity index (χ2v) is 7.29. The molecule has 2 heterocycles. The molecule has 14 nitrogen and oxygen atoms in total. The minimum Gasteiger partial charge on any atom is -0.394 e. The third kappa shape index (κ3) is 5.74. The van der Waals surface area contributed by atoms with Crippen LogP contribution in [0.1, 0.15) is 19.3 Å². The smallest absolute Gasteiger partial charge is 0.329 e. The van der Waals surface area contributed by atoms with Gasteiger partial charge in [-0.15, -0.1) is 0 Å². The standard InChI is InChI=1S/C17H28N6O8/c18-8(2-1-4-21-16(19)20)9(25)3-5-22-14(29)10(26)6-23(17(22)30)15-13(28)12(27)11(7-24)31-15/h8,11-13,15,24,27-28H,1-7,18H2,(H4,19,20,21)/t8-,11-,12?,13?,15-/m0/s1. The Morgan fingerprint density at radius 2 is 1.90 bits per heavy atom. The quantitative estimate of drug-likeness (QED) is 0.0814. The molecule has 9 N–H and O–H groups in total. The Kier molecular flexibility index (Phi) is 8.41. The zero-order valence-electron chi connectivity index (χ0n) is 16.8. The Labute approximate surface area is 177 Å². The first-order chi connectivity index (χ1) is 14.6. The summed E-state index contributed by atoms with van der Waals surface area (Å²) in [5.74, 6) is -2.55. The van der Waals surface area contributed by atoms with E-state index in [4.69, 9.17) is 21.9 Å². The predicted octanol–water partition coefficient (Wildman–Crippen LogP) is -4.40. The Balaban J connectivity index is 1.98. The Bertz CT molecular complexity index is 742. The van der Waals surface area contributed by atoms with Crippen LogP contribution in [0.2, 0.25) is 0 Å². The minimum absolute atomic E-state index is 0.0783. The molecule has 2 aliphatic heterocycles. The monoisotopic (exact) mass is 444 g/mol. The van der Waals surface area contributed by atoms with Crippen molar-refractivity contribution in [2.45, 2.75) is 49.8 Å². The van der Waals surface area contributed by atoms with Gasteiger partial charge in [-0.2, -0.15) is 0 Å². The van der Waals surface area contributed by atoms with Gasteiger partial charge in [0.25, 0.3) is 5.91 Å². The number of urea groups is 1. The molecule has 2 saturated heterocycles. The molecule has 31 heavy (non-hydrogen) atoms. The second-order valence-electron chi connectivity index (χ2n) is 7.29. The number of aliphatic hydroxyl groups excluding tert-OH is 3. The van der Waals surface area contributed by atoms with E-state index in [1.165, 1.54) is 0 Å². The lowest BCUT2D eigenvalue weighted by molar-refractivity contribution is -0.151. The fourth-order valence-corrected chi connectivity index (χ4v) is 3.30. The number of imide groups is 1. The number of aliphatic hydroxyl groups is 3. The number of ether oxygens (including phenoxy) is 1. The summed E-state index contributed by atoms with van der Waals surface area (Å²) >= 11 is 0. The Morgan fingerprint density at radius 3 is 2.48 bits per heavy atom. The van der Waals surface area contributed by atoms with E-state index in [1.54, 1.807) is 0 Å². The summed E-state index contributed by atoms with van der Waals surface area (Å²) in [6.07, 6.45) is -5.22. The number of Topliss-reactive ketones (excluding diaryl/α,β-unsaturated/α-hetero) is 2. The van der Waals surface area contributed by atoms with Gasteiger partial charge in [0.05, 0.1) is 19.2 Å². The summed E-state index contributed by atoms with van der Waals surface area (Å²) in [4.78, 5) is 54.4. The van der Waals surface area contributed by atoms with Gasteiger partial charge in [0.15, 0.2) is 18.0 Å². The molecular formula is C17H28N6O8. The zero-order chi connectivity index (χ0) is 23.3. The van der Waals surface area contributed by atoms with Crippen LogP contribution in [0.4, 0.5) is 4.79 Å². The number of nitrogens with zero attached hydrogens (tertiary/aromatic N) is 3. The maximum Gasteiger partial charge on any atom is 0.329 e. The Hall–Kier alpha value is -2.65. The molecule has 14 heteroatoms. The number of carbonyl (C=O) groups is 4. The molecule has 2 fully saturated rings. The molecule has 2 unspecified atom stereocenters. The molecule has 0 aromatic rings. The predicted molar refractivity (Wildman–Crippen MR) is 104 cm³/mol. The van der Waals surface area contributed by atoms with E-state index in [2.05, 4.69) is 4.99 Å². The van der Waals surface area contributed by atoms with Crippen molar-refractivity contribution >= 4 is 29.5 Å². The lowest BCUT2D eigenvalue weighted by Crippen LogP contribution is -2.62. The van der Waals surface area contributed by atoms with Crippen molar-refractivity contribution in [3.05, 3.63) is 0 Å². The number of carbonyl (C=O) groups excluding carboxylic acids is 4. The van der Waals surface area contributed by atoms with Crippen LogP contribution >= 0.6 is 0 Å². The van der Waals surface area contributed by atoms with Gasteiger partial charge in [0.1, 0.15) is 18.3 Å². The molecule has 0 aromatic carbocycles. The van der Waals surface area contributed by atoms with Crippen LogP contribution < -0.4 is 17.2 Å². The molecular weight excluding hydrogens is 416 g/mol. The summed E-state index contributed by atoms with van der Waals surface area (Å²) in [6, 6.07) is -1.83. The number of ketones is 2. The summed E-state index contributed by atoms with van der Waals surface area (Å²) < 4.78 is 5.26. The minimum atomic E-state index is -1.59. The van der Waals surface area contributed by atoms with Gasteiger partial charge in [-0.05, 0) is 12.8 Å². The van der Waals surface area contributed by atoms with E-state index in [0.717, 1.165) is 4.90 Å². The lowest BCUT2D eigenvalue weighted by atomic mass is 10.0. The summed E-state index contributed by atoms with van der Waals surface area (Å²) in [6.45, 7) is -1.39. The van der Waals surface area contributed by atoms with E-state index < -0.39 is 73.8 Å². The first-order valence-electron chi connectivity index (χ1n) is 9.69. The highest BCUT2D eigenvalue weighted by Gasteiger charge is 2.50. The van der Waals surface area contributed by atoms with Gasteiger partial charge in [-0.3, -0.25) is 29.2 Å². The lowest BCUT2D eigenvalue weighted by Gasteiger charge is -2.37. The van der Waals surface area contributed by atoms with Crippen molar-refractivity contribution in [1.82, 2.24) is 9.80 Å². The van der Waals surface area contributed by atoms with Crippen LogP contribution in [0, 0.1) is 0 Å². The topological polar surface area (TPSA) is 235 Å². The summed E-state index contributed by atoms with van der Waals surface area (Å²) in [5, 5.41) is 29.2. The van der Waals surface area contributed by atoms with Gasteiger partial charge < -0.3 is 37.3 Å². The molecule has 0 aromatic heterocycles. The Morgan fingerprint density at radius 1 is 1.23 bits per heavy atom. The van der Waals surface area contributed by atoms with Crippen LogP contribution in [-0.2, 0) is 19.1 Å². The molecule has 2 rings (SSSR count). The first kappa shape index (κ1) is 24.6. The van der Waals surface area contributed by atoms with Crippen LogP contribution in [0.5, 0.6) is 0 Å². The largest absolute Gasteiger partial charge is 0.394 e. The van der Waals surface area contributed by atoms with Gasteiger partial charge >= 0.3 is 6.03 Å². The fraction of sp³-hybridized carbons (Fsp3) is 0.706. The molecule has 0 aliphatic carbocycles. The molecule has 3 amide bonds. The zero-order valence-corrected chi connectivity index (χ0v) is 16.8. The van der Waals surface area contributed by atoms with Crippen LogP contribution in [0.15, 0.2) is 4.99 Å². The van der Waals surface area contributed by atoms with Crippen molar-refractivity contribution in [2.24, 2.45) is 22.2 Å². The molecule has 2 aliphatic rings. The highest BCUT2D eigenvalue weighted by molar-refractivity contribution is 6.41. The molecule has 5 atom stereocenters. The maximum atomic E-state index is 12.7. The third-order valence-corrected chi connectivity index (χ3v) is 5.06. The maximum absolute atomic E-state index is 12.7. The first-order valence-corrected chi connectivity index (χ1v) is 9.69. The van der Waals surface area contributed by atoms with Crippen LogP contribution in [-0.4, -0.2) is 111 Å². The van der Waals surface area contributed by atoms with E-state index >= 15 is 0 Å². The number of hydrogen-bond acceptors (Lipinski definition) is 10. The van der Waals surface area contributed by atoms with E-state index in [9.17, 15) is 34.5 Å². The highest BCUT2D eigenvalue weighted by atomic mass is 16.6. The molecule has 0 radical (unpaired) electrons. The average molecular weight is 444 g/mol.